The summed E-state index contributed by atoms with van der Waals surface area (Å²) in [5.74, 6) is 3.27. The third kappa shape index (κ3) is 3.67. The maximum atomic E-state index is 12.5. The lowest BCUT2D eigenvalue weighted by Crippen LogP contribution is -2.58. The molecule has 0 aromatic carbocycles. The molecule has 0 amide bonds. The molecule has 3 fully saturated rings. The average molecular weight is 320 g/mol. The Balaban J connectivity index is 1.61. The molecule has 0 aromatic rings. The van der Waals surface area contributed by atoms with Gasteiger partial charge in [0.25, 0.3) is 0 Å². The SMILES string of the molecule is CCCCCCCN1CC[C@H]2CC(=O)[C@H](CC)[C@H]3CCC[C@@H]1[C@H]23. The van der Waals surface area contributed by atoms with Crippen molar-refractivity contribution in [2.24, 2.45) is 23.7 Å². The highest BCUT2D eigenvalue weighted by molar-refractivity contribution is 5.82. The number of Topliss-reactive ketones (excluding diaryl/α,β-unsaturated/α-hetero) is 1. The van der Waals surface area contributed by atoms with Crippen molar-refractivity contribution >= 4 is 5.78 Å². The van der Waals surface area contributed by atoms with E-state index in [9.17, 15) is 4.79 Å². The van der Waals surface area contributed by atoms with Crippen LogP contribution in [0.5, 0.6) is 0 Å². The zero-order valence-corrected chi connectivity index (χ0v) is 15.4. The molecule has 3 aliphatic rings. The van der Waals surface area contributed by atoms with E-state index < -0.39 is 0 Å². The van der Waals surface area contributed by atoms with Crippen LogP contribution < -0.4 is 0 Å². The highest BCUT2D eigenvalue weighted by atomic mass is 16.1. The number of carbonyl (C=O) groups is 1. The summed E-state index contributed by atoms with van der Waals surface area (Å²) in [5.41, 5.74) is 0. The molecule has 5 atom stereocenters. The molecule has 0 aromatic heterocycles. The molecule has 0 unspecified atom stereocenters. The molecule has 0 radical (unpaired) electrons. The number of likely N-dealkylation sites (tertiary alicyclic amines) is 1. The Labute approximate surface area is 143 Å². The topological polar surface area (TPSA) is 20.3 Å². The minimum atomic E-state index is 0.392. The third-order valence-corrected chi connectivity index (χ3v) is 7.16. The van der Waals surface area contributed by atoms with Crippen LogP contribution in [0.4, 0.5) is 0 Å². The van der Waals surface area contributed by atoms with Gasteiger partial charge in [-0.15, -0.1) is 0 Å². The van der Waals surface area contributed by atoms with Crippen LogP contribution in [-0.4, -0.2) is 29.8 Å². The molecule has 1 saturated heterocycles. The molecular formula is C21H37NO. The van der Waals surface area contributed by atoms with E-state index in [0.29, 0.717) is 17.6 Å². The zero-order chi connectivity index (χ0) is 16.2. The fraction of sp³-hybridized carbons (Fsp3) is 0.952. The summed E-state index contributed by atoms with van der Waals surface area (Å²) in [6, 6.07) is 0.806. The first-order chi connectivity index (χ1) is 11.3. The molecule has 2 nitrogen and oxygen atoms in total. The van der Waals surface area contributed by atoms with Crippen molar-refractivity contribution in [3.8, 4) is 0 Å². The van der Waals surface area contributed by atoms with E-state index in [2.05, 4.69) is 18.7 Å². The number of unbranched alkanes of at least 4 members (excludes halogenated alkanes) is 4. The summed E-state index contributed by atoms with van der Waals surface area (Å²) >= 11 is 0. The van der Waals surface area contributed by atoms with Crippen LogP contribution in [0.15, 0.2) is 0 Å². The minimum absolute atomic E-state index is 0.392. The van der Waals surface area contributed by atoms with Gasteiger partial charge in [-0.25, -0.2) is 0 Å². The van der Waals surface area contributed by atoms with Crippen molar-refractivity contribution in [2.75, 3.05) is 13.1 Å². The largest absolute Gasteiger partial charge is 0.300 e. The Hall–Kier alpha value is -0.370. The van der Waals surface area contributed by atoms with Gasteiger partial charge in [0.1, 0.15) is 5.78 Å². The van der Waals surface area contributed by atoms with Crippen LogP contribution in [-0.2, 0) is 4.79 Å². The molecule has 0 bridgehead atoms. The molecule has 0 N–H and O–H groups in total. The number of carbonyl (C=O) groups excluding carboxylic acids is 1. The minimum Gasteiger partial charge on any atom is -0.300 e. The zero-order valence-electron chi connectivity index (χ0n) is 15.4. The van der Waals surface area contributed by atoms with Gasteiger partial charge in [-0.3, -0.25) is 4.79 Å². The molecule has 1 heterocycles. The average Bonchev–Trinajstić information content (AvgIpc) is 2.56. The van der Waals surface area contributed by atoms with E-state index in [1.165, 1.54) is 70.9 Å². The monoisotopic (exact) mass is 319 g/mol. The van der Waals surface area contributed by atoms with Crippen molar-refractivity contribution in [1.29, 1.82) is 0 Å². The van der Waals surface area contributed by atoms with Gasteiger partial charge < -0.3 is 4.90 Å². The second-order valence-corrected chi connectivity index (χ2v) is 8.42. The van der Waals surface area contributed by atoms with E-state index in [4.69, 9.17) is 0 Å². The molecule has 132 valence electrons. The molecule has 2 saturated carbocycles. The second-order valence-electron chi connectivity index (χ2n) is 8.42. The van der Waals surface area contributed by atoms with Crippen LogP contribution in [0.3, 0.4) is 0 Å². The van der Waals surface area contributed by atoms with Crippen molar-refractivity contribution < 1.29 is 4.79 Å². The number of hydrogen-bond acceptors (Lipinski definition) is 2. The van der Waals surface area contributed by atoms with E-state index in [1.807, 2.05) is 0 Å². The summed E-state index contributed by atoms with van der Waals surface area (Å²) in [6.07, 6.45) is 14.3. The lowest BCUT2D eigenvalue weighted by Gasteiger charge is -2.55. The standard InChI is InChI=1S/C21H37NO/c1-3-5-6-7-8-13-22-14-12-16-15-20(23)17(4-2)18-10-9-11-19(22)21(16)18/h16-19,21H,3-15H2,1-2H3/t16-,17+,18+,19+,21+/m0/s1. The number of ketones is 1. The van der Waals surface area contributed by atoms with Gasteiger partial charge in [0, 0.05) is 18.4 Å². The molecule has 0 spiro atoms. The normalized spacial score (nSPS) is 37.7. The van der Waals surface area contributed by atoms with Gasteiger partial charge in [-0.2, -0.15) is 0 Å². The lowest BCUT2D eigenvalue weighted by atomic mass is 9.56. The maximum absolute atomic E-state index is 12.5. The van der Waals surface area contributed by atoms with Gasteiger partial charge in [0.05, 0.1) is 0 Å². The Bertz CT molecular complexity index is 393. The lowest BCUT2D eigenvalue weighted by molar-refractivity contribution is -0.139. The first kappa shape index (κ1) is 17.5. The van der Waals surface area contributed by atoms with Crippen molar-refractivity contribution in [3.05, 3.63) is 0 Å². The number of rotatable bonds is 7. The van der Waals surface area contributed by atoms with E-state index in [-0.39, 0.29) is 0 Å². The smallest absolute Gasteiger partial charge is 0.136 e. The Morgan fingerprint density at radius 1 is 1.04 bits per heavy atom. The maximum Gasteiger partial charge on any atom is 0.136 e. The first-order valence-electron chi connectivity index (χ1n) is 10.5. The van der Waals surface area contributed by atoms with Crippen LogP contribution in [0, 0.1) is 23.7 Å². The van der Waals surface area contributed by atoms with Crippen molar-refractivity contribution in [2.45, 2.75) is 90.5 Å². The van der Waals surface area contributed by atoms with Gasteiger partial charge >= 0.3 is 0 Å². The first-order valence-corrected chi connectivity index (χ1v) is 10.5. The summed E-state index contributed by atoms with van der Waals surface area (Å²) in [4.78, 5) is 15.4. The Morgan fingerprint density at radius 2 is 1.87 bits per heavy atom. The predicted molar refractivity (Wildman–Crippen MR) is 96.5 cm³/mol. The highest BCUT2D eigenvalue weighted by Gasteiger charge is 2.50. The Kier molecular flexibility index (Phi) is 6.18. The molecule has 1 aliphatic heterocycles. The van der Waals surface area contributed by atoms with Gasteiger partial charge in [-0.1, -0.05) is 46.0 Å². The second kappa shape index (κ2) is 8.14. The fourth-order valence-corrected chi connectivity index (χ4v) is 6.10. The van der Waals surface area contributed by atoms with E-state index >= 15 is 0 Å². The number of piperidine rings is 1. The van der Waals surface area contributed by atoms with Crippen LogP contribution in [0.25, 0.3) is 0 Å². The predicted octanol–water partition coefficient (Wildman–Crippen LogP) is 5.06. The number of hydrogen-bond donors (Lipinski definition) is 0. The quantitative estimate of drug-likeness (QED) is 0.611. The van der Waals surface area contributed by atoms with Gasteiger partial charge in [0.2, 0.25) is 0 Å². The summed E-state index contributed by atoms with van der Waals surface area (Å²) in [5, 5.41) is 0. The van der Waals surface area contributed by atoms with Gasteiger partial charge in [-0.05, 0) is 62.9 Å². The van der Waals surface area contributed by atoms with E-state index in [0.717, 1.165) is 30.7 Å². The van der Waals surface area contributed by atoms with Crippen LogP contribution in [0.1, 0.15) is 84.5 Å². The molecule has 2 heteroatoms. The van der Waals surface area contributed by atoms with Gasteiger partial charge in [0.15, 0.2) is 0 Å². The Morgan fingerprint density at radius 3 is 2.65 bits per heavy atom. The van der Waals surface area contributed by atoms with Crippen molar-refractivity contribution in [1.82, 2.24) is 4.90 Å². The van der Waals surface area contributed by atoms with Crippen molar-refractivity contribution in [3.63, 3.8) is 0 Å². The fourth-order valence-electron chi connectivity index (χ4n) is 6.10. The summed E-state index contributed by atoms with van der Waals surface area (Å²) < 4.78 is 0. The summed E-state index contributed by atoms with van der Waals surface area (Å²) in [6.45, 7) is 7.10. The molecular weight excluding hydrogens is 282 g/mol. The van der Waals surface area contributed by atoms with E-state index in [1.54, 1.807) is 0 Å². The number of nitrogens with zero attached hydrogens (tertiary/aromatic N) is 1. The molecule has 3 rings (SSSR count). The summed E-state index contributed by atoms with van der Waals surface area (Å²) in [7, 11) is 0. The third-order valence-electron chi connectivity index (χ3n) is 7.16. The highest BCUT2D eigenvalue weighted by Crippen LogP contribution is 2.51. The van der Waals surface area contributed by atoms with Crippen LogP contribution >= 0.6 is 0 Å². The van der Waals surface area contributed by atoms with Crippen LogP contribution in [0.2, 0.25) is 0 Å². The molecule has 23 heavy (non-hydrogen) atoms. The molecule has 2 aliphatic carbocycles.